The highest BCUT2D eigenvalue weighted by Crippen LogP contribution is 2.21. The summed E-state index contributed by atoms with van der Waals surface area (Å²) in [5.74, 6) is 0. The van der Waals surface area contributed by atoms with Crippen molar-refractivity contribution in [3.8, 4) is 0 Å². The molecule has 0 aliphatic carbocycles. The predicted octanol–water partition coefficient (Wildman–Crippen LogP) is 3.28. The second kappa shape index (κ2) is 6.57. The van der Waals surface area contributed by atoms with Crippen LogP contribution in [0.1, 0.15) is 24.9 Å². The Kier molecular flexibility index (Phi) is 4.79. The Bertz CT molecular complexity index is 468. The van der Waals surface area contributed by atoms with E-state index in [9.17, 15) is 0 Å². The highest BCUT2D eigenvalue weighted by Gasteiger charge is 2.07. The Labute approximate surface area is 113 Å². The van der Waals surface area contributed by atoms with Crippen molar-refractivity contribution in [1.82, 2.24) is 14.9 Å². The lowest BCUT2D eigenvalue weighted by atomic mass is 10.1. The Balaban J connectivity index is 1.75. The monoisotopic (exact) mass is 263 g/mol. The molecule has 0 saturated heterocycles. The lowest BCUT2D eigenvalue weighted by Gasteiger charge is -2.15. The summed E-state index contributed by atoms with van der Waals surface area (Å²) in [4.78, 5) is 4.02. The third-order valence-electron chi connectivity index (χ3n) is 2.97. The van der Waals surface area contributed by atoms with E-state index in [2.05, 4.69) is 27.9 Å². The van der Waals surface area contributed by atoms with Crippen molar-refractivity contribution >= 4 is 11.6 Å². The first-order valence-electron chi connectivity index (χ1n) is 6.21. The maximum absolute atomic E-state index is 6.16. The number of nitrogens with zero attached hydrogens (tertiary/aromatic N) is 2. The smallest absolute Gasteiger partial charge is 0.0945 e. The van der Waals surface area contributed by atoms with E-state index in [0.717, 1.165) is 30.1 Å². The molecule has 0 spiro atoms. The van der Waals surface area contributed by atoms with Crippen molar-refractivity contribution in [3.05, 3.63) is 53.6 Å². The number of aryl methyl sites for hydroxylation is 1. The van der Waals surface area contributed by atoms with E-state index in [1.807, 2.05) is 30.7 Å². The molecule has 18 heavy (non-hydrogen) atoms. The molecule has 0 radical (unpaired) electrons. The summed E-state index contributed by atoms with van der Waals surface area (Å²) in [7, 11) is 0. The molecule has 0 bridgehead atoms. The van der Waals surface area contributed by atoms with Crippen LogP contribution in [0.4, 0.5) is 0 Å². The van der Waals surface area contributed by atoms with E-state index >= 15 is 0 Å². The van der Waals surface area contributed by atoms with Crippen LogP contribution >= 0.6 is 11.6 Å². The second-order valence-electron chi connectivity index (χ2n) is 4.35. The summed E-state index contributed by atoms with van der Waals surface area (Å²) in [6.07, 6.45) is 6.71. The molecule has 2 rings (SSSR count). The van der Waals surface area contributed by atoms with Gasteiger partial charge in [0, 0.05) is 30.0 Å². The molecule has 0 fully saturated rings. The van der Waals surface area contributed by atoms with Gasteiger partial charge in [0.25, 0.3) is 0 Å². The van der Waals surface area contributed by atoms with Crippen LogP contribution < -0.4 is 5.32 Å². The van der Waals surface area contributed by atoms with E-state index in [0.29, 0.717) is 0 Å². The van der Waals surface area contributed by atoms with E-state index in [-0.39, 0.29) is 6.04 Å². The average Bonchev–Trinajstić information content (AvgIpc) is 2.88. The molecule has 1 heterocycles. The minimum Gasteiger partial charge on any atom is -0.337 e. The summed E-state index contributed by atoms with van der Waals surface area (Å²) in [6.45, 7) is 4.09. The summed E-state index contributed by atoms with van der Waals surface area (Å²) < 4.78 is 2.09. The molecule has 0 amide bonds. The molecule has 0 aliphatic heterocycles. The number of aromatic nitrogens is 2. The van der Waals surface area contributed by atoms with Gasteiger partial charge in [-0.15, -0.1) is 0 Å². The number of halogens is 1. The molecule has 4 heteroatoms. The molecular weight excluding hydrogens is 246 g/mol. The van der Waals surface area contributed by atoms with Gasteiger partial charge in [0.05, 0.1) is 6.33 Å². The van der Waals surface area contributed by atoms with Crippen molar-refractivity contribution in [2.75, 3.05) is 6.54 Å². The van der Waals surface area contributed by atoms with Crippen LogP contribution in [0, 0.1) is 0 Å². The second-order valence-corrected chi connectivity index (χ2v) is 4.76. The van der Waals surface area contributed by atoms with E-state index in [1.165, 1.54) is 0 Å². The first kappa shape index (κ1) is 13.1. The van der Waals surface area contributed by atoms with Crippen molar-refractivity contribution in [2.24, 2.45) is 0 Å². The number of hydrogen-bond acceptors (Lipinski definition) is 2. The van der Waals surface area contributed by atoms with Crippen molar-refractivity contribution in [3.63, 3.8) is 0 Å². The Morgan fingerprint density at radius 1 is 1.39 bits per heavy atom. The van der Waals surface area contributed by atoms with Gasteiger partial charge in [0.15, 0.2) is 0 Å². The third kappa shape index (κ3) is 3.59. The zero-order chi connectivity index (χ0) is 12.8. The number of hydrogen-bond donors (Lipinski definition) is 1. The van der Waals surface area contributed by atoms with Gasteiger partial charge >= 0.3 is 0 Å². The standard InChI is InChI=1S/C14H18ClN3/c1-12(13-5-2-3-6-14(13)15)17-7-4-9-18-10-8-16-11-18/h2-3,5-6,8,10-12,17H,4,7,9H2,1H3/t12-/m1/s1. The summed E-state index contributed by atoms with van der Waals surface area (Å²) in [6, 6.07) is 8.25. The normalized spacial score (nSPS) is 12.6. The average molecular weight is 264 g/mol. The van der Waals surface area contributed by atoms with Gasteiger partial charge in [0.1, 0.15) is 0 Å². The van der Waals surface area contributed by atoms with Gasteiger partial charge in [-0.25, -0.2) is 4.98 Å². The first-order chi connectivity index (χ1) is 8.77. The van der Waals surface area contributed by atoms with E-state index < -0.39 is 0 Å². The fraction of sp³-hybridized carbons (Fsp3) is 0.357. The molecule has 1 atom stereocenters. The van der Waals surface area contributed by atoms with Crippen LogP contribution in [0.5, 0.6) is 0 Å². The molecule has 0 saturated carbocycles. The zero-order valence-corrected chi connectivity index (χ0v) is 11.3. The predicted molar refractivity (Wildman–Crippen MR) is 74.7 cm³/mol. The van der Waals surface area contributed by atoms with Crippen LogP contribution in [-0.2, 0) is 6.54 Å². The Hall–Kier alpha value is -1.32. The Morgan fingerprint density at radius 3 is 2.94 bits per heavy atom. The third-order valence-corrected chi connectivity index (χ3v) is 3.32. The van der Waals surface area contributed by atoms with Gasteiger partial charge in [-0.3, -0.25) is 0 Å². The van der Waals surface area contributed by atoms with Gasteiger partial charge in [-0.2, -0.15) is 0 Å². The van der Waals surface area contributed by atoms with Crippen LogP contribution in [-0.4, -0.2) is 16.1 Å². The van der Waals surface area contributed by atoms with E-state index in [4.69, 9.17) is 11.6 Å². The van der Waals surface area contributed by atoms with Crippen molar-refractivity contribution in [2.45, 2.75) is 25.9 Å². The largest absolute Gasteiger partial charge is 0.337 e. The maximum atomic E-state index is 6.16. The van der Waals surface area contributed by atoms with Crippen molar-refractivity contribution in [1.29, 1.82) is 0 Å². The number of nitrogens with one attached hydrogen (secondary N) is 1. The quantitative estimate of drug-likeness (QED) is 0.811. The van der Waals surface area contributed by atoms with E-state index in [1.54, 1.807) is 6.20 Å². The number of benzene rings is 1. The van der Waals surface area contributed by atoms with Gasteiger partial charge < -0.3 is 9.88 Å². The molecule has 3 nitrogen and oxygen atoms in total. The van der Waals surface area contributed by atoms with Crippen molar-refractivity contribution < 1.29 is 0 Å². The minimum atomic E-state index is 0.279. The molecule has 1 aromatic carbocycles. The van der Waals surface area contributed by atoms with Crippen LogP contribution in [0.2, 0.25) is 5.02 Å². The number of rotatable bonds is 6. The lowest BCUT2D eigenvalue weighted by molar-refractivity contribution is 0.527. The topological polar surface area (TPSA) is 29.9 Å². The van der Waals surface area contributed by atoms with Gasteiger partial charge in [-0.05, 0) is 31.5 Å². The molecule has 2 aromatic rings. The first-order valence-corrected chi connectivity index (χ1v) is 6.58. The van der Waals surface area contributed by atoms with Crippen LogP contribution in [0.15, 0.2) is 43.0 Å². The number of imidazole rings is 1. The highest BCUT2D eigenvalue weighted by molar-refractivity contribution is 6.31. The lowest BCUT2D eigenvalue weighted by Crippen LogP contribution is -2.21. The molecule has 1 aromatic heterocycles. The molecule has 96 valence electrons. The van der Waals surface area contributed by atoms with Crippen LogP contribution in [0.25, 0.3) is 0 Å². The molecule has 0 aliphatic rings. The summed E-state index contributed by atoms with van der Waals surface area (Å²) in [5.41, 5.74) is 1.15. The zero-order valence-electron chi connectivity index (χ0n) is 10.5. The molecule has 0 unspecified atom stereocenters. The molecular formula is C14H18ClN3. The summed E-state index contributed by atoms with van der Waals surface area (Å²) in [5, 5.41) is 4.31. The summed E-state index contributed by atoms with van der Waals surface area (Å²) >= 11 is 6.16. The fourth-order valence-electron chi connectivity index (χ4n) is 1.94. The van der Waals surface area contributed by atoms with Gasteiger partial charge in [-0.1, -0.05) is 29.8 Å². The highest BCUT2D eigenvalue weighted by atomic mass is 35.5. The van der Waals surface area contributed by atoms with Crippen LogP contribution in [0.3, 0.4) is 0 Å². The SMILES string of the molecule is C[C@@H](NCCCn1ccnc1)c1ccccc1Cl. The maximum Gasteiger partial charge on any atom is 0.0945 e. The Morgan fingerprint density at radius 2 is 2.22 bits per heavy atom. The molecule has 1 N–H and O–H groups in total. The van der Waals surface area contributed by atoms with Gasteiger partial charge in [0.2, 0.25) is 0 Å². The fourth-order valence-corrected chi connectivity index (χ4v) is 2.23. The minimum absolute atomic E-state index is 0.279.